The first-order valence-corrected chi connectivity index (χ1v) is 7.67. The molecular weight excluding hydrogens is 306 g/mol. The zero-order valence-corrected chi connectivity index (χ0v) is 13.2. The van der Waals surface area contributed by atoms with Crippen LogP contribution >= 0.6 is 0 Å². The van der Waals surface area contributed by atoms with Gasteiger partial charge in [0.25, 0.3) is 0 Å². The van der Waals surface area contributed by atoms with E-state index in [1.54, 1.807) is 31.2 Å². The molecule has 122 valence electrons. The molecule has 3 rings (SSSR count). The van der Waals surface area contributed by atoms with Gasteiger partial charge in [0.05, 0.1) is 17.7 Å². The summed E-state index contributed by atoms with van der Waals surface area (Å²) in [6.07, 6.45) is 1.89. The Morgan fingerprint density at radius 1 is 1.12 bits per heavy atom. The molecule has 0 unspecified atom stereocenters. The third kappa shape index (κ3) is 3.01. The first-order valence-electron chi connectivity index (χ1n) is 7.67. The summed E-state index contributed by atoms with van der Waals surface area (Å²) in [5.41, 5.74) is 2.57. The lowest BCUT2D eigenvalue weighted by Gasteiger charge is -2.11. The fourth-order valence-electron chi connectivity index (χ4n) is 2.72. The maximum absolute atomic E-state index is 12.1. The summed E-state index contributed by atoms with van der Waals surface area (Å²) in [4.78, 5) is 23.1. The van der Waals surface area contributed by atoms with E-state index in [4.69, 9.17) is 9.84 Å². The largest absolute Gasteiger partial charge is 0.478 e. The fourth-order valence-corrected chi connectivity index (χ4v) is 2.72. The molecule has 0 saturated carbocycles. The number of hydrogen-bond donors (Lipinski definition) is 1. The molecule has 5 nitrogen and oxygen atoms in total. The van der Waals surface area contributed by atoms with Crippen LogP contribution in [-0.2, 0) is 11.3 Å². The minimum absolute atomic E-state index is 0.257. The van der Waals surface area contributed by atoms with Crippen molar-refractivity contribution in [3.8, 4) is 0 Å². The van der Waals surface area contributed by atoms with Crippen LogP contribution < -0.4 is 0 Å². The highest BCUT2D eigenvalue weighted by molar-refractivity contribution is 5.94. The number of carbonyl (C=O) groups excluding carboxylic acids is 1. The van der Waals surface area contributed by atoms with Crippen molar-refractivity contribution in [3.63, 3.8) is 0 Å². The van der Waals surface area contributed by atoms with E-state index in [1.165, 1.54) is 0 Å². The Kier molecular flexibility index (Phi) is 4.33. The molecule has 0 amide bonds. The van der Waals surface area contributed by atoms with Gasteiger partial charge in [-0.3, -0.25) is 0 Å². The summed E-state index contributed by atoms with van der Waals surface area (Å²) in [5.74, 6) is -1.28. The number of aromatic carboxylic acids is 1. The van der Waals surface area contributed by atoms with Crippen LogP contribution in [0, 0.1) is 0 Å². The lowest BCUT2D eigenvalue weighted by Crippen LogP contribution is -2.10. The van der Waals surface area contributed by atoms with Crippen molar-refractivity contribution in [1.29, 1.82) is 0 Å². The normalized spacial score (nSPS) is 10.7. The summed E-state index contributed by atoms with van der Waals surface area (Å²) < 4.78 is 7.09. The van der Waals surface area contributed by atoms with E-state index in [0.29, 0.717) is 18.7 Å². The van der Waals surface area contributed by atoms with Crippen LogP contribution in [0.15, 0.2) is 54.7 Å². The average Bonchev–Trinajstić information content (AvgIpc) is 2.98. The van der Waals surface area contributed by atoms with Gasteiger partial charge in [-0.25, -0.2) is 9.59 Å². The third-order valence-corrected chi connectivity index (χ3v) is 3.87. The van der Waals surface area contributed by atoms with Crippen LogP contribution in [0.25, 0.3) is 10.9 Å². The molecule has 0 saturated heterocycles. The summed E-state index contributed by atoms with van der Waals surface area (Å²) >= 11 is 0. The second kappa shape index (κ2) is 6.58. The number of hydrogen-bond acceptors (Lipinski definition) is 3. The van der Waals surface area contributed by atoms with Crippen molar-refractivity contribution in [2.24, 2.45) is 0 Å². The molecule has 1 heterocycles. The number of carboxylic acid groups (broad SMARTS) is 1. The minimum Gasteiger partial charge on any atom is -0.478 e. The van der Waals surface area contributed by atoms with Crippen molar-refractivity contribution in [2.75, 3.05) is 6.61 Å². The van der Waals surface area contributed by atoms with Crippen molar-refractivity contribution in [1.82, 2.24) is 4.57 Å². The SMILES string of the molecule is CCOC(=O)c1ccccc1Cn1ccc2cc(C(=O)O)ccc21. The molecule has 5 heteroatoms. The molecule has 1 aromatic heterocycles. The topological polar surface area (TPSA) is 68.5 Å². The smallest absolute Gasteiger partial charge is 0.338 e. The van der Waals surface area contributed by atoms with Gasteiger partial charge in [0.1, 0.15) is 0 Å². The molecule has 0 aliphatic rings. The summed E-state index contributed by atoms with van der Waals surface area (Å²) in [6.45, 7) is 2.61. The average molecular weight is 323 g/mol. The van der Waals surface area contributed by atoms with Gasteiger partial charge >= 0.3 is 11.9 Å². The maximum Gasteiger partial charge on any atom is 0.338 e. The molecule has 0 radical (unpaired) electrons. The van der Waals surface area contributed by atoms with Gasteiger partial charge in [0, 0.05) is 23.6 Å². The molecule has 0 spiro atoms. The quantitative estimate of drug-likeness (QED) is 0.729. The molecule has 0 atom stereocenters. The lowest BCUT2D eigenvalue weighted by molar-refractivity contribution is 0.0524. The zero-order chi connectivity index (χ0) is 17.1. The summed E-state index contributed by atoms with van der Waals surface area (Å²) in [5, 5.41) is 9.93. The van der Waals surface area contributed by atoms with E-state index in [9.17, 15) is 9.59 Å². The number of aromatic nitrogens is 1. The van der Waals surface area contributed by atoms with Gasteiger partial charge < -0.3 is 14.4 Å². The lowest BCUT2D eigenvalue weighted by atomic mass is 10.1. The number of carbonyl (C=O) groups is 2. The number of ether oxygens (including phenoxy) is 1. The zero-order valence-electron chi connectivity index (χ0n) is 13.2. The number of fused-ring (bicyclic) bond motifs is 1. The second-order valence-corrected chi connectivity index (χ2v) is 5.40. The molecule has 1 N–H and O–H groups in total. The Bertz CT molecular complexity index is 911. The van der Waals surface area contributed by atoms with Crippen molar-refractivity contribution < 1.29 is 19.4 Å². The fraction of sp³-hybridized carbons (Fsp3) is 0.158. The first-order chi connectivity index (χ1) is 11.6. The van der Waals surface area contributed by atoms with Crippen LogP contribution in [-0.4, -0.2) is 28.2 Å². The highest BCUT2D eigenvalue weighted by Crippen LogP contribution is 2.20. The standard InChI is InChI=1S/C19H17NO4/c1-2-24-19(23)16-6-4-3-5-15(16)12-20-10-9-13-11-14(18(21)22)7-8-17(13)20/h3-11H,2,12H2,1H3,(H,21,22). The van der Waals surface area contributed by atoms with E-state index >= 15 is 0 Å². The van der Waals surface area contributed by atoms with Crippen LogP contribution in [0.2, 0.25) is 0 Å². The second-order valence-electron chi connectivity index (χ2n) is 5.40. The van der Waals surface area contributed by atoms with Gasteiger partial charge in [-0.1, -0.05) is 18.2 Å². The Labute approximate surface area is 139 Å². The molecule has 0 aliphatic carbocycles. The van der Waals surface area contributed by atoms with E-state index < -0.39 is 5.97 Å². The van der Waals surface area contributed by atoms with Gasteiger partial charge in [-0.2, -0.15) is 0 Å². The molecule has 0 bridgehead atoms. The van der Waals surface area contributed by atoms with Crippen LogP contribution in [0.4, 0.5) is 0 Å². The number of esters is 1. The molecule has 2 aromatic carbocycles. The van der Waals surface area contributed by atoms with Crippen LogP contribution in [0.1, 0.15) is 33.2 Å². The highest BCUT2D eigenvalue weighted by Gasteiger charge is 2.13. The van der Waals surface area contributed by atoms with Gasteiger partial charge in [-0.15, -0.1) is 0 Å². The number of benzene rings is 2. The molecular formula is C19H17NO4. The van der Waals surface area contributed by atoms with Crippen molar-refractivity contribution in [2.45, 2.75) is 13.5 Å². The van der Waals surface area contributed by atoms with E-state index in [1.807, 2.05) is 35.0 Å². The maximum atomic E-state index is 12.1. The van der Waals surface area contributed by atoms with Gasteiger partial charge in [-0.05, 0) is 42.8 Å². The number of carboxylic acids is 1. The van der Waals surface area contributed by atoms with Gasteiger partial charge in [0.15, 0.2) is 0 Å². The van der Waals surface area contributed by atoms with Crippen LogP contribution in [0.3, 0.4) is 0 Å². The Morgan fingerprint density at radius 3 is 2.67 bits per heavy atom. The van der Waals surface area contributed by atoms with Gasteiger partial charge in [0.2, 0.25) is 0 Å². The third-order valence-electron chi connectivity index (χ3n) is 3.87. The molecule has 0 aliphatic heterocycles. The Morgan fingerprint density at radius 2 is 1.92 bits per heavy atom. The Hall–Kier alpha value is -3.08. The predicted molar refractivity (Wildman–Crippen MR) is 90.4 cm³/mol. The van der Waals surface area contributed by atoms with Crippen molar-refractivity contribution in [3.05, 3.63) is 71.4 Å². The first kappa shape index (κ1) is 15.8. The van der Waals surface area contributed by atoms with E-state index in [0.717, 1.165) is 16.5 Å². The minimum atomic E-state index is -0.947. The van der Waals surface area contributed by atoms with Crippen LogP contribution in [0.5, 0.6) is 0 Å². The van der Waals surface area contributed by atoms with E-state index in [2.05, 4.69) is 0 Å². The molecule has 24 heavy (non-hydrogen) atoms. The molecule has 0 fully saturated rings. The molecule has 3 aromatic rings. The number of nitrogens with zero attached hydrogens (tertiary/aromatic N) is 1. The summed E-state index contributed by atoms with van der Waals surface area (Å²) in [7, 11) is 0. The van der Waals surface area contributed by atoms with Crippen molar-refractivity contribution >= 4 is 22.8 Å². The van der Waals surface area contributed by atoms with E-state index in [-0.39, 0.29) is 11.5 Å². The number of rotatable bonds is 5. The summed E-state index contributed by atoms with van der Waals surface area (Å²) in [6, 6.07) is 14.2. The highest BCUT2D eigenvalue weighted by atomic mass is 16.5. The monoisotopic (exact) mass is 323 g/mol. The predicted octanol–water partition coefficient (Wildman–Crippen LogP) is 3.56. The Balaban J connectivity index is 1.96.